The Morgan fingerprint density at radius 3 is 2.46 bits per heavy atom. The molecule has 148 valence electrons. The Labute approximate surface area is 167 Å². The van der Waals surface area contributed by atoms with Crippen molar-refractivity contribution in [2.45, 2.75) is 38.3 Å². The minimum absolute atomic E-state index is 0.0699. The number of carbonyl (C=O) groups excluding carboxylic acids is 2. The van der Waals surface area contributed by atoms with Crippen molar-refractivity contribution in [1.29, 1.82) is 0 Å². The molecule has 0 bridgehead atoms. The number of benzene rings is 2. The minimum Gasteiger partial charge on any atom is -0.352 e. The molecule has 1 aliphatic rings. The first-order chi connectivity index (χ1) is 13.7. The van der Waals surface area contributed by atoms with Crippen LogP contribution in [0.3, 0.4) is 0 Å². The van der Waals surface area contributed by atoms with Crippen LogP contribution in [0.5, 0.6) is 0 Å². The van der Waals surface area contributed by atoms with Crippen molar-refractivity contribution >= 4 is 11.8 Å². The number of nitrogens with zero attached hydrogens (tertiary/aromatic N) is 1. The molecule has 1 fully saturated rings. The molecule has 5 nitrogen and oxygen atoms in total. The molecule has 1 heterocycles. The van der Waals surface area contributed by atoms with E-state index >= 15 is 0 Å². The summed E-state index contributed by atoms with van der Waals surface area (Å²) in [4.78, 5) is 26.6. The second-order valence-corrected chi connectivity index (χ2v) is 7.35. The number of hydrogen-bond donors (Lipinski definition) is 2. The second kappa shape index (κ2) is 10.6. The molecule has 2 N–H and O–H groups in total. The van der Waals surface area contributed by atoms with Crippen LogP contribution in [0.4, 0.5) is 0 Å². The van der Waals surface area contributed by atoms with Crippen LogP contribution < -0.4 is 10.6 Å². The SMILES string of the molecule is O=C(CCCNC(=O)c1ccccc1)NC1CCCN(Cc2ccccc2)C1. The van der Waals surface area contributed by atoms with Crippen molar-refractivity contribution in [2.75, 3.05) is 19.6 Å². The van der Waals surface area contributed by atoms with Crippen LogP contribution in [0, 0.1) is 0 Å². The minimum atomic E-state index is -0.0927. The standard InChI is InChI=1S/C23H29N3O2/c27-22(14-7-15-24-23(28)20-11-5-2-6-12-20)25-21-13-8-16-26(18-21)17-19-9-3-1-4-10-19/h1-6,9-12,21H,7-8,13-18H2,(H,24,28)(H,25,27). The van der Waals surface area contributed by atoms with Crippen molar-refractivity contribution in [3.05, 3.63) is 71.8 Å². The Balaban J connectivity index is 1.33. The van der Waals surface area contributed by atoms with E-state index in [0.717, 1.165) is 32.5 Å². The van der Waals surface area contributed by atoms with E-state index < -0.39 is 0 Å². The van der Waals surface area contributed by atoms with Gasteiger partial charge in [-0.3, -0.25) is 14.5 Å². The van der Waals surface area contributed by atoms with Crippen LogP contribution in [-0.4, -0.2) is 42.4 Å². The van der Waals surface area contributed by atoms with Gasteiger partial charge >= 0.3 is 0 Å². The number of hydrogen-bond acceptors (Lipinski definition) is 3. The second-order valence-electron chi connectivity index (χ2n) is 7.35. The summed E-state index contributed by atoms with van der Waals surface area (Å²) >= 11 is 0. The first kappa shape index (κ1) is 20.1. The van der Waals surface area contributed by atoms with E-state index in [1.54, 1.807) is 12.1 Å². The third-order valence-electron chi connectivity index (χ3n) is 5.02. The molecule has 3 rings (SSSR count). The van der Waals surface area contributed by atoms with Gasteiger partial charge in [-0.15, -0.1) is 0 Å². The van der Waals surface area contributed by atoms with Crippen LogP contribution in [0.2, 0.25) is 0 Å². The number of nitrogens with one attached hydrogen (secondary N) is 2. The molecule has 1 atom stereocenters. The zero-order chi connectivity index (χ0) is 19.6. The molecule has 0 aliphatic carbocycles. The first-order valence-corrected chi connectivity index (χ1v) is 10.1. The Morgan fingerprint density at radius 2 is 1.71 bits per heavy atom. The van der Waals surface area contributed by atoms with Gasteiger partial charge in [-0.1, -0.05) is 48.5 Å². The lowest BCUT2D eigenvalue weighted by Gasteiger charge is -2.33. The highest BCUT2D eigenvalue weighted by Crippen LogP contribution is 2.14. The Hall–Kier alpha value is -2.66. The third-order valence-corrected chi connectivity index (χ3v) is 5.02. The van der Waals surface area contributed by atoms with E-state index in [0.29, 0.717) is 24.9 Å². The van der Waals surface area contributed by atoms with Gasteiger partial charge in [0.15, 0.2) is 0 Å². The topological polar surface area (TPSA) is 61.4 Å². The van der Waals surface area contributed by atoms with Crippen molar-refractivity contribution in [3.63, 3.8) is 0 Å². The summed E-state index contributed by atoms with van der Waals surface area (Å²) < 4.78 is 0. The summed E-state index contributed by atoms with van der Waals surface area (Å²) in [7, 11) is 0. The van der Waals surface area contributed by atoms with Crippen LogP contribution in [-0.2, 0) is 11.3 Å². The summed E-state index contributed by atoms with van der Waals surface area (Å²) in [5, 5.41) is 6.03. The lowest BCUT2D eigenvalue weighted by Crippen LogP contribution is -2.47. The van der Waals surface area contributed by atoms with E-state index in [2.05, 4.69) is 39.8 Å². The van der Waals surface area contributed by atoms with E-state index in [1.165, 1.54) is 5.56 Å². The average Bonchev–Trinajstić information content (AvgIpc) is 2.73. The highest BCUT2D eigenvalue weighted by Gasteiger charge is 2.21. The first-order valence-electron chi connectivity index (χ1n) is 10.1. The number of rotatable bonds is 8. The lowest BCUT2D eigenvalue weighted by atomic mass is 10.0. The zero-order valence-electron chi connectivity index (χ0n) is 16.3. The van der Waals surface area contributed by atoms with E-state index in [-0.39, 0.29) is 17.9 Å². The Kier molecular flexibility index (Phi) is 7.62. The number of piperidine rings is 1. The Bertz CT molecular complexity index is 749. The maximum Gasteiger partial charge on any atom is 0.251 e. The molecule has 0 spiro atoms. The van der Waals surface area contributed by atoms with Crippen LogP contribution in [0.15, 0.2) is 60.7 Å². The largest absolute Gasteiger partial charge is 0.352 e. The van der Waals surface area contributed by atoms with E-state index in [4.69, 9.17) is 0 Å². The molecular formula is C23H29N3O2. The van der Waals surface area contributed by atoms with Gasteiger partial charge in [-0.05, 0) is 43.5 Å². The molecule has 28 heavy (non-hydrogen) atoms. The van der Waals surface area contributed by atoms with Crippen LogP contribution in [0.1, 0.15) is 41.6 Å². The molecule has 0 aromatic heterocycles. The third kappa shape index (κ3) is 6.50. The fourth-order valence-corrected chi connectivity index (χ4v) is 3.60. The molecule has 2 amide bonds. The number of amides is 2. The molecule has 5 heteroatoms. The molecule has 1 saturated heterocycles. The fourth-order valence-electron chi connectivity index (χ4n) is 3.60. The maximum atomic E-state index is 12.2. The smallest absolute Gasteiger partial charge is 0.251 e. The quantitative estimate of drug-likeness (QED) is 0.693. The number of likely N-dealkylation sites (tertiary alicyclic amines) is 1. The normalized spacial score (nSPS) is 17.1. The van der Waals surface area contributed by atoms with Crippen molar-refractivity contribution in [1.82, 2.24) is 15.5 Å². The van der Waals surface area contributed by atoms with Crippen LogP contribution in [0.25, 0.3) is 0 Å². The summed E-state index contributed by atoms with van der Waals surface area (Å²) in [5.74, 6) is -0.0228. The van der Waals surface area contributed by atoms with Crippen molar-refractivity contribution in [3.8, 4) is 0 Å². The molecule has 1 aliphatic heterocycles. The predicted molar refractivity (Wildman–Crippen MR) is 111 cm³/mol. The summed E-state index contributed by atoms with van der Waals surface area (Å²) in [6.07, 6.45) is 3.21. The van der Waals surface area contributed by atoms with Crippen molar-refractivity contribution in [2.24, 2.45) is 0 Å². The van der Waals surface area contributed by atoms with E-state index in [9.17, 15) is 9.59 Å². The summed E-state index contributed by atoms with van der Waals surface area (Å²) in [5.41, 5.74) is 1.95. The Morgan fingerprint density at radius 1 is 1.00 bits per heavy atom. The van der Waals surface area contributed by atoms with Gasteiger partial charge in [0.2, 0.25) is 5.91 Å². The average molecular weight is 380 g/mol. The molecule has 1 unspecified atom stereocenters. The highest BCUT2D eigenvalue weighted by atomic mass is 16.2. The molecule has 2 aromatic rings. The number of carbonyl (C=O) groups is 2. The van der Waals surface area contributed by atoms with Gasteiger partial charge in [0.05, 0.1) is 0 Å². The highest BCUT2D eigenvalue weighted by molar-refractivity contribution is 5.94. The zero-order valence-corrected chi connectivity index (χ0v) is 16.3. The monoisotopic (exact) mass is 379 g/mol. The van der Waals surface area contributed by atoms with Crippen LogP contribution >= 0.6 is 0 Å². The molecule has 0 saturated carbocycles. The van der Waals surface area contributed by atoms with Crippen molar-refractivity contribution < 1.29 is 9.59 Å². The molecular weight excluding hydrogens is 350 g/mol. The van der Waals surface area contributed by atoms with Gasteiger partial charge in [0, 0.05) is 37.7 Å². The van der Waals surface area contributed by atoms with E-state index in [1.807, 2.05) is 24.3 Å². The van der Waals surface area contributed by atoms with Gasteiger partial charge in [-0.25, -0.2) is 0 Å². The fraction of sp³-hybridized carbons (Fsp3) is 0.391. The maximum absolute atomic E-state index is 12.2. The molecule has 2 aromatic carbocycles. The summed E-state index contributed by atoms with van der Waals surface area (Å²) in [6, 6.07) is 19.8. The van der Waals surface area contributed by atoms with Gasteiger partial charge < -0.3 is 10.6 Å². The molecule has 0 radical (unpaired) electrons. The van der Waals surface area contributed by atoms with Gasteiger partial charge in [0.25, 0.3) is 5.91 Å². The van der Waals surface area contributed by atoms with Gasteiger partial charge in [0.1, 0.15) is 0 Å². The summed E-state index contributed by atoms with van der Waals surface area (Å²) in [6.45, 7) is 3.41. The lowest BCUT2D eigenvalue weighted by molar-refractivity contribution is -0.122. The van der Waals surface area contributed by atoms with Gasteiger partial charge in [-0.2, -0.15) is 0 Å². The predicted octanol–water partition coefficient (Wildman–Crippen LogP) is 2.98.